The highest BCUT2D eigenvalue weighted by Gasteiger charge is 2.32. The molecule has 2 amide bonds. The first-order chi connectivity index (χ1) is 17.6. The fraction of sp³-hybridized carbons (Fsp3) is 0.483. The second-order valence-corrected chi connectivity index (χ2v) is 9.68. The Bertz CT molecular complexity index is 1040. The largest absolute Gasteiger partial charge is 0.489 e. The number of pyridine rings is 1. The second-order valence-electron chi connectivity index (χ2n) is 9.68. The Morgan fingerprint density at radius 2 is 1.97 bits per heavy atom. The Labute approximate surface area is 214 Å². The average molecular weight is 491 g/mol. The number of carbonyl (C=O) groups is 2. The molecule has 192 valence electrons. The molecule has 3 heterocycles. The maximum absolute atomic E-state index is 13.5. The van der Waals surface area contributed by atoms with Crippen molar-refractivity contribution in [3.63, 3.8) is 0 Å². The molecule has 0 spiro atoms. The first kappa shape index (κ1) is 25.9. The third-order valence-corrected chi connectivity index (χ3v) is 7.28. The molecule has 2 atom stereocenters. The van der Waals surface area contributed by atoms with E-state index >= 15 is 0 Å². The molecule has 1 aromatic carbocycles. The monoisotopic (exact) mass is 490 g/mol. The minimum absolute atomic E-state index is 0.128. The van der Waals surface area contributed by atoms with Gasteiger partial charge in [0.2, 0.25) is 11.8 Å². The Morgan fingerprint density at radius 1 is 1.14 bits per heavy atom. The highest BCUT2D eigenvalue weighted by Crippen LogP contribution is 2.29. The summed E-state index contributed by atoms with van der Waals surface area (Å²) in [7, 11) is 0. The highest BCUT2D eigenvalue weighted by molar-refractivity contribution is 5.79. The number of hydrogen-bond acceptors (Lipinski definition) is 5. The van der Waals surface area contributed by atoms with E-state index in [1.54, 1.807) is 6.20 Å². The van der Waals surface area contributed by atoms with Gasteiger partial charge in [0.15, 0.2) is 0 Å². The van der Waals surface area contributed by atoms with E-state index in [0.29, 0.717) is 45.8 Å². The van der Waals surface area contributed by atoms with Gasteiger partial charge in [0.05, 0.1) is 6.54 Å². The molecule has 2 aliphatic heterocycles. The van der Waals surface area contributed by atoms with Gasteiger partial charge in [0.1, 0.15) is 12.4 Å². The van der Waals surface area contributed by atoms with Crippen molar-refractivity contribution in [2.75, 3.05) is 39.3 Å². The quantitative estimate of drug-likeness (QED) is 0.577. The molecule has 2 aromatic rings. The number of para-hydroxylation sites is 1. The van der Waals surface area contributed by atoms with Gasteiger partial charge in [-0.2, -0.15) is 0 Å². The molecule has 1 saturated heterocycles. The number of fused-ring (bicyclic) bond motifs is 3. The molecule has 0 saturated carbocycles. The van der Waals surface area contributed by atoms with Crippen molar-refractivity contribution in [3.8, 4) is 5.75 Å². The van der Waals surface area contributed by atoms with Crippen LogP contribution in [0.2, 0.25) is 0 Å². The molecule has 1 fully saturated rings. The number of amides is 2. The summed E-state index contributed by atoms with van der Waals surface area (Å²) in [5.41, 5.74) is 2.13. The molecule has 0 aliphatic carbocycles. The van der Waals surface area contributed by atoms with Crippen LogP contribution in [0.4, 0.5) is 0 Å². The second kappa shape index (κ2) is 12.7. The topological polar surface area (TPSA) is 66.0 Å². The van der Waals surface area contributed by atoms with Gasteiger partial charge in [-0.25, -0.2) is 0 Å². The van der Waals surface area contributed by atoms with E-state index in [0.717, 1.165) is 36.4 Å². The third kappa shape index (κ3) is 6.72. The minimum Gasteiger partial charge on any atom is -0.489 e. The first-order valence-corrected chi connectivity index (χ1v) is 13.1. The summed E-state index contributed by atoms with van der Waals surface area (Å²) in [6, 6.07) is 12.0. The van der Waals surface area contributed by atoms with E-state index in [1.807, 2.05) is 60.2 Å². The molecule has 7 nitrogen and oxygen atoms in total. The maximum atomic E-state index is 13.5. The number of carbonyl (C=O) groups excluding carboxylic acids is 2. The number of aromatic nitrogens is 1. The van der Waals surface area contributed by atoms with Gasteiger partial charge in [-0.05, 0) is 49.8 Å². The predicted octanol–water partition coefficient (Wildman–Crippen LogP) is 3.76. The molecule has 2 bridgehead atoms. The number of nitrogens with zero attached hydrogens (tertiary/aromatic N) is 4. The van der Waals surface area contributed by atoms with E-state index < -0.39 is 0 Å². The van der Waals surface area contributed by atoms with Crippen molar-refractivity contribution < 1.29 is 14.3 Å². The van der Waals surface area contributed by atoms with Crippen LogP contribution in [0.1, 0.15) is 37.8 Å². The highest BCUT2D eigenvalue weighted by atomic mass is 16.5. The van der Waals surface area contributed by atoms with Crippen molar-refractivity contribution in [1.29, 1.82) is 0 Å². The lowest BCUT2D eigenvalue weighted by molar-refractivity contribution is -0.136. The minimum atomic E-state index is 0.128. The van der Waals surface area contributed by atoms with Crippen molar-refractivity contribution in [3.05, 3.63) is 72.1 Å². The van der Waals surface area contributed by atoms with Crippen LogP contribution in [0.3, 0.4) is 0 Å². The van der Waals surface area contributed by atoms with Gasteiger partial charge in [-0.15, -0.1) is 0 Å². The molecule has 0 radical (unpaired) electrons. The summed E-state index contributed by atoms with van der Waals surface area (Å²) < 4.78 is 6.15. The van der Waals surface area contributed by atoms with E-state index in [4.69, 9.17) is 4.74 Å². The van der Waals surface area contributed by atoms with Crippen LogP contribution in [-0.2, 0) is 22.7 Å². The Hall–Kier alpha value is -3.19. The third-order valence-electron chi connectivity index (χ3n) is 7.28. The maximum Gasteiger partial charge on any atom is 0.236 e. The van der Waals surface area contributed by atoms with E-state index in [9.17, 15) is 9.59 Å². The summed E-state index contributed by atoms with van der Waals surface area (Å²) in [5.74, 6) is 1.52. The lowest BCUT2D eigenvalue weighted by Gasteiger charge is -2.38. The van der Waals surface area contributed by atoms with Crippen molar-refractivity contribution in [2.24, 2.45) is 11.8 Å². The smallest absolute Gasteiger partial charge is 0.236 e. The van der Waals surface area contributed by atoms with Gasteiger partial charge < -0.3 is 14.5 Å². The Morgan fingerprint density at radius 3 is 2.75 bits per heavy atom. The van der Waals surface area contributed by atoms with Crippen molar-refractivity contribution >= 4 is 11.8 Å². The van der Waals surface area contributed by atoms with E-state index in [2.05, 4.69) is 28.1 Å². The van der Waals surface area contributed by atoms with Crippen LogP contribution in [0.25, 0.3) is 0 Å². The number of hydrogen-bond donors (Lipinski definition) is 0. The van der Waals surface area contributed by atoms with Gasteiger partial charge in [0.25, 0.3) is 0 Å². The summed E-state index contributed by atoms with van der Waals surface area (Å²) in [6.07, 6.45) is 9.18. The zero-order chi connectivity index (χ0) is 25.3. The van der Waals surface area contributed by atoms with Crippen LogP contribution in [0.5, 0.6) is 5.75 Å². The lowest BCUT2D eigenvalue weighted by Crippen LogP contribution is -2.48. The van der Waals surface area contributed by atoms with Crippen molar-refractivity contribution in [2.45, 2.75) is 39.8 Å². The summed E-state index contributed by atoms with van der Waals surface area (Å²) >= 11 is 0. The molecule has 2 aliphatic rings. The molecule has 1 aromatic heterocycles. The van der Waals surface area contributed by atoms with Gasteiger partial charge >= 0.3 is 0 Å². The number of piperidine rings is 1. The van der Waals surface area contributed by atoms with Gasteiger partial charge in [-0.1, -0.05) is 36.4 Å². The van der Waals surface area contributed by atoms with Crippen molar-refractivity contribution in [1.82, 2.24) is 19.7 Å². The van der Waals surface area contributed by atoms with E-state index in [1.165, 1.54) is 0 Å². The summed E-state index contributed by atoms with van der Waals surface area (Å²) in [6.45, 7) is 8.85. The van der Waals surface area contributed by atoms with Gasteiger partial charge in [-0.3, -0.25) is 19.5 Å². The Balaban J connectivity index is 1.56. The number of rotatable bonds is 6. The van der Waals surface area contributed by atoms with Crippen LogP contribution in [-0.4, -0.2) is 70.8 Å². The summed E-state index contributed by atoms with van der Waals surface area (Å²) in [5, 5.41) is 0. The van der Waals surface area contributed by atoms with Crippen LogP contribution >= 0.6 is 0 Å². The fourth-order valence-electron chi connectivity index (χ4n) is 5.25. The molecule has 7 heteroatoms. The standard InChI is InChI=1S/C29H38N4O3/c1-3-32(4-2)28(34)17-24-13-15-33-21-25(24)11-8-16-36-27-12-6-5-10-26(27)20-31(22-29(33)35)19-23-9-7-14-30-18-23/h5-12,14,18,24-25H,3-4,13,15-17,19-22H2,1-2H3/b11-8+/t24-,25-/m0/s1. The Kier molecular flexibility index (Phi) is 9.11. The molecule has 4 rings (SSSR count). The van der Waals surface area contributed by atoms with Crippen LogP contribution < -0.4 is 4.74 Å². The molecule has 0 N–H and O–H groups in total. The average Bonchev–Trinajstić information content (AvgIpc) is 2.89. The predicted molar refractivity (Wildman–Crippen MR) is 140 cm³/mol. The lowest BCUT2D eigenvalue weighted by atomic mass is 9.82. The zero-order valence-corrected chi connectivity index (χ0v) is 21.5. The van der Waals surface area contributed by atoms with E-state index in [-0.39, 0.29) is 23.7 Å². The summed E-state index contributed by atoms with van der Waals surface area (Å²) in [4.78, 5) is 36.7. The molecule has 36 heavy (non-hydrogen) atoms. The fourth-order valence-corrected chi connectivity index (χ4v) is 5.25. The molecular weight excluding hydrogens is 452 g/mol. The number of benzene rings is 1. The number of ether oxygens (including phenoxy) is 1. The first-order valence-electron chi connectivity index (χ1n) is 13.1. The molecular formula is C29H38N4O3. The normalized spacial score (nSPS) is 21.8. The zero-order valence-electron chi connectivity index (χ0n) is 21.5. The molecule has 0 unspecified atom stereocenters. The van der Waals surface area contributed by atoms with Crippen LogP contribution in [0, 0.1) is 11.8 Å². The van der Waals surface area contributed by atoms with Crippen LogP contribution in [0.15, 0.2) is 60.9 Å². The SMILES string of the molecule is CCN(CC)C(=O)C[C@@H]1CCN2C[C@@H]1/C=C/COc1ccccc1CN(Cc1cccnc1)CC2=O. The van der Waals surface area contributed by atoms with Gasteiger partial charge in [0, 0.05) is 63.6 Å².